The molecule has 186 valence electrons. The highest BCUT2D eigenvalue weighted by Crippen LogP contribution is 2.44. The molecule has 1 fully saturated rings. The smallest absolute Gasteiger partial charge is 0.407 e. The van der Waals surface area contributed by atoms with Crippen molar-refractivity contribution in [3.63, 3.8) is 0 Å². The normalized spacial score (nSPS) is 16.1. The molecular formula is C26H30N2O7. The van der Waals surface area contributed by atoms with E-state index in [9.17, 15) is 14.4 Å². The second-order valence-corrected chi connectivity index (χ2v) is 8.77. The van der Waals surface area contributed by atoms with Gasteiger partial charge in [0.1, 0.15) is 13.2 Å². The highest BCUT2D eigenvalue weighted by molar-refractivity contribution is 5.84. The van der Waals surface area contributed by atoms with Gasteiger partial charge < -0.3 is 30.0 Å². The molecule has 0 radical (unpaired) electrons. The average molecular weight is 483 g/mol. The zero-order valence-corrected chi connectivity index (χ0v) is 19.5. The molecule has 2 aliphatic rings. The topological polar surface area (TPSA) is 123 Å². The van der Waals surface area contributed by atoms with E-state index in [4.69, 9.17) is 19.3 Å². The number of hydrogen-bond acceptors (Lipinski definition) is 6. The molecule has 0 saturated carbocycles. The predicted molar refractivity (Wildman–Crippen MR) is 127 cm³/mol. The first-order chi connectivity index (χ1) is 17.0. The van der Waals surface area contributed by atoms with E-state index in [0.717, 1.165) is 22.3 Å². The lowest BCUT2D eigenvalue weighted by Gasteiger charge is -2.35. The zero-order chi connectivity index (χ0) is 24.7. The van der Waals surface area contributed by atoms with Gasteiger partial charge in [0.05, 0.1) is 12.0 Å². The number of alkyl carbamates (subject to hydrolysis) is 1. The Morgan fingerprint density at radius 1 is 0.971 bits per heavy atom. The number of carboxylic acid groups (broad SMARTS) is 1. The quantitative estimate of drug-likeness (QED) is 0.445. The van der Waals surface area contributed by atoms with Gasteiger partial charge in [0.2, 0.25) is 5.91 Å². The number of rotatable bonds is 10. The molecule has 1 heterocycles. The van der Waals surface area contributed by atoms with Crippen LogP contribution in [0.15, 0.2) is 48.5 Å². The molecule has 3 N–H and O–H groups in total. The Balaban J connectivity index is 1.32. The number of hydrogen-bond donors (Lipinski definition) is 3. The van der Waals surface area contributed by atoms with Gasteiger partial charge in [0.15, 0.2) is 0 Å². The van der Waals surface area contributed by atoms with Gasteiger partial charge >= 0.3 is 12.1 Å². The van der Waals surface area contributed by atoms with Crippen LogP contribution in [0.1, 0.15) is 29.9 Å². The van der Waals surface area contributed by atoms with Crippen LogP contribution >= 0.6 is 0 Å². The number of aliphatic carboxylic acids is 1. The SMILES string of the molecule is O=C(O)COCCNC(=O)C1(CNC(=O)OCC2c3ccccc3-c3ccccc32)CCOCC1. The van der Waals surface area contributed by atoms with Crippen LogP contribution < -0.4 is 10.6 Å². The summed E-state index contributed by atoms with van der Waals surface area (Å²) >= 11 is 0. The van der Waals surface area contributed by atoms with Crippen LogP contribution in [0.3, 0.4) is 0 Å². The van der Waals surface area contributed by atoms with Crippen molar-refractivity contribution in [3.8, 4) is 11.1 Å². The van der Waals surface area contributed by atoms with Crippen LogP contribution in [0.25, 0.3) is 11.1 Å². The fourth-order valence-corrected chi connectivity index (χ4v) is 4.72. The number of fused-ring (bicyclic) bond motifs is 3. The number of benzene rings is 2. The number of nitrogens with one attached hydrogen (secondary N) is 2. The number of carbonyl (C=O) groups excluding carboxylic acids is 2. The summed E-state index contributed by atoms with van der Waals surface area (Å²) in [5.41, 5.74) is 3.75. The summed E-state index contributed by atoms with van der Waals surface area (Å²) in [6.45, 7) is 0.991. The minimum atomic E-state index is -1.07. The van der Waals surface area contributed by atoms with Gasteiger partial charge in [-0.3, -0.25) is 4.79 Å². The molecule has 1 aliphatic heterocycles. The van der Waals surface area contributed by atoms with Crippen molar-refractivity contribution in [1.82, 2.24) is 10.6 Å². The van der Waals surface area contributed by atoms with Gasteiger partial charge in [-0.15, -0.1) is 0 Å². The second-order valence-electron chi connectivity index (χ2n) is 8.77. The third kappa shape index (κ3) is 5.80. The Bertz CT molecular complexity index is 1020. The van der Waals surface area contributed by atoms with E-state index in [1.165, 1.54) is 0 Å². The van der Waals surface area contributed by atoms with Gasteiger partial charge in [0, 0.05) is 32.2 Å². The van der Waals surface area contributed by atoms with Crippen LogP contribution in [0.4, 0.5) is 4.79 Å². The molecular weight excluding hydrogens is 452 g/mol. The molecule has 0 aromatic heterocycles. The third-order valence-electron chi connectivity index (χ3n) is 6.60. The van der Waals surface area contributed by atoms with E-state index >= 15 is 0 Å². The van der Waals surface area contributed by atoms with Gasteiger partial charge in [-0.2, -0.15) is 0 Å². The summed E-state index contributed by atoms with van der Waals surface area (Å²) in [6.07, 6.45) is 0.340. The number of carboxylic acids is 1. The van der Waals surface area contributed by atoms with E-state index in [0.29, 0.717) is 26.1 Å². The van der Waals surface area contributed by atoms with Gasteiger partial charge in [0.25, 0.3) is 0 Å². The summed E-state index contributed by atoms with van der Waals surface area (Å²) in [4.78, 5) is 36.1. The molecule has 2 aromatic rings. The summed E-state index contributed by atoms with van der Waals surface area (Å²) in [6, 6.07) is 16.2. The summed E-state index contributed by atoms with van der Waals surface area (Å²) in [5.74, 6) is -1.33. The van der Waals surface area contributed by atoms with Gasteiger partial charge in [-0.05, 0) is 35.1 Å². The molecule has 1 saturated heterocycles. The molecule has 2 aromatic carbocycles. The maximum Gasteiger partial charge on any atom is 0.407 e. The van der Waals surface area contributed by atoms with Crippen molar-refractivity contribution in [2.75, 3.05) is 46.1 Å². The van der Waals surface area contributed by atoms with Crippen molar-refractivity contribution in [2.24, 2.45) is 5.41 Å². The van der Waals surface area contributed by atoms with Crippen molar-refractivity contribution >= 4 is 18.0 Å². The van der Waals surface area contributed by atoms with Crippen molar-refractivity contribution in [1.29, 1.82) is 0 Å². The highest BCUT2D eigenvalue weighted by Gasteiger charge is 2.40. The fraction of sp³-hybridized carbons (Fsp3) is 0.423. The number of ether oxygens (including phenoxy) is 3. The molecule has 0 atom stereocenters. The Labute approximate surface area is 203 Å². The molecule has 2 amide bonds. The molecule has 0 spiro atoms. The number of amides is 2. The van der Waals surface area contributed by atoms with E-state index < -0.39 is 24.1 Å². The Morgan fingerprint density at radius 2 is 1.60 bits per heavy atom. The Morgan fingerprint density at radius 3 is 2.23 bits per heavy atom. The van der Waals surface area contributed by atoms with E-state index in [-0.39, 0.29) is 38.1 Å². The summed E-state index contributed by atoms with van der Waals surface area (Å²) in [5, 5.41) is 14.2. The Hall–Kier alpha value is -3.43. The molecule has 9 heteroatoms. The lowest BCUT2D eigenvalue weighted by Crippen LogP contribution is -2.52. The van der Waals surface area contributed by atoms with Crippen LogP contribution in [0.2, 0.25) is 0 Å². The average Bonchev–Trinajstić information content (AvgIpc) is 3.20. The van der Waals surface area contributed by atoms with Gasteiger partial charge in [-0.25, -0.2) is 9.59 Å². The third-order valence-corrected chi connectivity index (χ3v) is 6.60. The molecule has 0 bridgehead atoms. The van der Waals surface area contributed by atoms with E-state index in [2.05, 4.69) is 34.9 Å². The van der Waals surface area contributed by atoms with Crippen LogP contribution in [0.5, 0.6) is 0 Å². The molecule has 4 rings (SSSR count). The second kappa shape index (κ2) is 11.3. The largest absolute Gasteiger partial charge is 0.480 e. The van der Waals surface area contributed by atoms with E-state index in [1.807, 2.05) is 24.3 Å². The molecule has 35 heavy (non-hydrogen) atoms. The van der Waals surface area contributed by atoms with Crippen LogP contribution in [-0.2, 0) is 23.8 Å². The minimum absolute atomic E-state index is 0.0423. The van der Waals surface area contributed by atoms with Crippen molar-refractivity contribution < 1.29 is 33.7 Å². The number of carbonyl (C=O) groups is 3. The molecule has 9 nitrogen and oxygen atoms in total. The molecule has 0 unspecified atom stereocenters. The maximum absolute atomic E-state index is 12.9. The monoisotopic (exact) mass is 482 g/mol. The van der Waals surface area contributed by atoms with Crippen LogP contribution in [-0.4, -0.2) is 69.2 Å². The fourth-order valence-electron chi connectivity index (χ4n) is 4.72. The van der Waals surface area contributed by atoms with E-state index in [1.54, 1.807) is 0 Å². The first-order valence-electron chi connectivity index (χ1n) is 11.7. The minimum Gasteiger partial charge on any atom is -0.480 e. The van der Waals surface area contributed by atoms with Crippen LogP contribution in [0, 0.1) is 5.41 Å². The summed E-state index contributed by atoms with van der Waals surface area (Å²) in [7, 11) is 0. The lowest BCUT2D eigenvalue weighted by molar-refractivity contribution is -0.142. The molecule has 1 aliphatic carbocycles. The first kappa shape index (κ1) is 24.7. The zero-order valence-electron chi connectivity index (χ0n) is 19.5. The van der Waals surface area contributed by atoms with Gasteiger partial charge in [-0.1, -0.05) is 48.5 Å². The highest BCUT2D eigenvalue weighted by atomic mass is 16.5. The predicted octanol–water partition coefficient (Wildman–Crippen LogP) is 2.54. The lowest BCUT2D eigenvalue weighted by atomic mass is 9.79. The summed E-state index contributed by atoms with van der Waals surface area (Å²) < 4.78 is 16.0. The standard InChI is InChI=1S/C26H30N2O7/c29-23(30)16-34-14-11-27-24(31)26(9-12-33-13-10-26)17-28-25(32)35-15-22-20-7-3-1-5-18(20)19-6-2-4-8-21(19)22/h1-8,22H,9-17H2,(H,27,31)(H,28,32)(H,29,30). The van der Waals surface area contributed by atoms with Crippen molar-refractivity contribution in [3.05, 3.63) is 59.7 Å². The van der Waals surface area contributed by atoms with Crippen molar-refractivity contribution in [2.45, 2.75) is 18.8 Å². The maximum atomic E-state index is 12.9. The first-order valence-corrected chi connectivity index (χ1v) is 11.7. The Kier molecular flexibility index (Phi) is 7.99.